The summed E-state index contributed by atoms with van der Waals surface area (Å²) >= 11 is 0. The summed E-state index contributed by atoms with van der Waals surface area (Å²) in [5.41, 5.74) is 9.28. The Kier molecular flexibility index (Phi) is 5.14. The van der Waals surface area contributed by atoms with Crippen molar-refractivity contribution in [2.45, 2.75) is 20.3 Å². The van der Waals surface area contributed by atoms with E-state index in [0.29, 0.717) is 0 Å². The van der Waals surface area contributed by atoms with Crippen molar-refractivity contribution >= 4 is 11.5 Å². The third-order valence-corrected chi connectivity index (χ3v) is 3.92. The van der Waals surface area contributed by atoms with E-state index < -0.39 is 0 Å². The number of hydrogen-bond acceptors (Lipinski definition) is 5. The monoisotopic (exact) mass is 291 g/mol. The highest BCUT2D eigenvalue weighted by atomic mass is 16.3. The zero-order valence-electron chi connectivity index (χ0n) is 12.9. The van der Waals surface area contributed by atoms with E-state index in [-0.39, 0.29) is 12.4 Å². The van der Waals surface area contributed by atoms with E-state index in [9.17, 15) is 0 Å². The summed E-state index contributed by atoms with van der Waals surface area (Å²) in [4.78, 5) is 8.99. The van der Waals surface area contributed by atoms with Gasteiger partial charge >= 0.3 is 0 Å². The molecule has 2 heterocycles. The maximum Gasteiger partial charge on any atom is 0.126 e. The van der Waals surface area contributed by atoms with Crippen LogP contribution in [0.1, 0.15) is 23.4 Å². The van der Waals surface area contributed by atoms with Gasteiger partial charge in [0.1, 0.15) is 5.84 Å². The quantitative estimate of drug-likeness (QED) is 0.555. The minimum Gasteiger partial charge on any atom is -0.395 e. The fraction of sp³-hybridized carbons (Fsp3) is 0.600. The van der Waals surface area contributed by atoms with Gasteiger partial charge in [0.15, 0.2) is 0 Å². The molecule has 0 amide bonds. The van der Waals surface area contributed by atoms with E-state index in [1.54, 1.807) is 0 Å². The Hall–Kier alpha value is -1.66. The van der Waals surface area contributed by atoms with Crippen LogP contribution >= 0.6 is 0 Å². The fourth-order valence-electron chi connectivity index (χ4n) is 2.97. The lowest BCUT2D eigenvalue weighted by atomic mass is 10.1. The molecular formula is C15H25N5O. The van der Waals surface area contributed by atoms with E-state index in [1.165, 1.54) is 0 Å². The number of anilines is 1. The van der Waals surface area contributed by atoms with Crippen molar-refractivity contribution in [3.05, 3.63) is 23.0 Å². The number of nitrogens with two attached hydrogens (primary N) is 1. The van der Waals surface area contributed by atoms with Crippen LogP contribution in [-0.2, 0) is 0 Å². The third kappa shape index (κ3) is 3.71. The Bertz CT molecular complexity index is 517. The predicted molar refractivity (Wildman–Crippen MR) is 85.1 cm³/mol. The number of aromatic nitrogens is 1. The number of rotatable bonds is 4. The first kappa shape index (κ1) is 15.7. The van der Waals surface area contributed by atoms with Crippen molar-refractivity contribution in [3.8, 4) is 0 Å². The highest BCUT2D eigenvalue weighted by Gasteiger charge is 2.20. The summed E-state index contributed by atoms with van der Waals surface area (Å²) in [6.07, 6.45) is 1.04. The molecule has 0 bridgehead atoms. The molecular weight excluding hydrogens is 266 g/mol. The number of nitrogens with zero attached hydrogens (tertiary/aromatic N) is 3. The van der Waals surface area contributed by atoms with Gasteiger partial charge in [-0.2, -0.15) is 0 Å². The molecule has 0 aliphatic carbocycles. The van der Waals surface area contributed by atoms with E-state index in [4.69, 9.17) is 16.2 Å². The van der Waals surface area contributed by atoms with Crippen molar-refractivity contribution in [2.75, 3.05) is 44.2 Å². The number of aliphatic hydroxyl groups is 1. The molecule has 1 fully saturated rings. The molecule has 1 aliphatic rings. The van der Waals surface area contributed by atoms with Crippen molar-refractivity contribution in [2.24, 2.45) is 5.73 Å². The number of nitrogen functional groups attached to an aromatic ring is 1. The van der Waals surface area contributed by atoms with Crippen LogP contribution in [-0.4, -0.2) is 60.2 Å². The highest BCUT2D eigenvalue weighted by molar-refractivity contribution is 6.01. The minimum atomic E-state index is 0.0754. The second kappa shape index (κ2) is 6.87. The highest BCUT2D eigenvalue weighted by Crippen LogP contribution is 2.24. The van der Waals surface area contributed by atoms with Crippen LogP contribution in [0.15, 0.2) is 6.07 Å². The Morgan fingerprint density at radius 1 is 1.33 bits per heavy atom. The van der Waals surface area contributed by atoms with Gasteiger partial charge in [-0.25, -0.2) is 0 Å². The third-order valence-electron chi connectivity index (χ3n) is 3.92. The van der Waals surface area contributed by atoms with Crippen LogP contribution in [0.2, 0.25) is 0 Å². The summed E-state index contributed by atoms with van der Waals surface area (Å²) in [5, 5.41) is 16.9. The van der Waals surface area contributed by atoms with Gasteiger partial charge in [-0.15, -0.1) is 0 Å². The smallest absolute Gasteiger partial charge is 0.126 e. The minimum absolute atomic E-state index is 0.0754. The second-order valence-corrected chi connectivity index (χ2v) is 5.56. The zero-order chi connectivity index (χ0) is 15.4. The Labute approximate surface area is 126 Å². The number of amidine groups is 1. The average molecular weight is 291 g/mol. The van der Waals surface area contributed by atoms with Crippen LogP contribution in [0.5, 0.6) is 0 Å². The molecule has 2 rings (SSSR count). The predicted octanol–water partition coefficient (Wildman–Crippen LogP) is 0.487. The van der Waals surface area contributed by atoms with Gasteiger partial charge in [0.05, 0.1) is 23.6 Å². The number of pyridine rings is 1. The number of hydrogen-bond donors (Lipinski definition) is 3. The van der Waals surface area contributed by atoms with Crippen LogP contribution in [0.25, 0.3) is 0 Å². The van der Waals surface area contributed by atoms with Crippen molar-refractivity contribution in [1.29, 1.82) is 5.41 Å². The molecule has 6 nitrogen and oxygen atoms in total. The van der Waals surface area contributed by atoms with Crippen molar-refractivity contribution in [3.63, 3.8) is 0 Å². The molecule has 0 radical (unpaired) electrons. The molecule has 6 heteroatoms. The van der Waals surface area contributed by atoms with E-state index in [0.717, 1.165) is 61.8 Å². The largest absolute Gasteiger partial charge is 0.395 e. The van der Waals surface area contributed by atoms with Gasteiger partial charge < -0.3 is 15.7 Å². The number of aliphatic hydroxyl groups excluding tert-OH is 1. The maximum absolute atomic E-state index is 9.07. The summed E-state index contributed by atoms with van der Waals surface area (Å²) in [6.45, 7) is 8.52. The molecule has 0 atom stereocenters. The maximum atomic E-state index is 9.07. The SMILES string of the molecule is Cc1cc(N2CCCN(CCO)CC2)c(C(=N)N)c(C)n1. The molecule has 1 aliphatic heterocycles. The lowest BCUT2D eigenvalue weighted by Gasteiger charge is -2.26. The van der Waals surface area contributed by atoms with Gasteiger partial charge in [0.25, 0.3) is 0 Å². The van der Waals surface area contributed by atoms with Gasteiger partial charge in [0.2, 0.25) is 0 Å². The number of nitrogens with one attached hydrogen (secondary N) is 1. The van der Waals surface area contributed by atoms with E-state index in [1.807, 2.05) is 19.9 Å². The lowest BCUT2D eigenvalue weighted by Crippen LogP contribution is -2.33. The summed E-state index contributed by atoms with van der Waals surface area (Å²) in [5.74, 6) is 0.0754. The fourth-order valence-corrected chi connectivity index (χ4v) is 2.97. The first-order chi connectivity index (χ1) is 10.0. The summed E-state index contributed by atoms with van der Waals surface area (Å²) in [6, 6.07) is 2.02. The standard InChI is InChI=1S/C15H25N5O/c1-11-10-13(14(15(16)17)12(2)18-11)20-5-3-4-19(6-7-20)8-9-21/h10,21H,3-9H2,1-2H3,(H3,16,17). The second-order valence-electron chi connectivity index (χ2n) is 5.56. The van der Waals surface area contributed by atoms with Crippen molar-refractivity contribution < 1.29 is 5.11 Å². The molecule has 0 unspecified atom stereocenters. The normalized spacial score (nSPS) is 16.8. The average Bonchev–Trinajstić information content (AvgIpc) is 2.63. The molecule has 1 saturated heterocycles. The van der Waals surface area contributed by atoms with E-state index in [2.05, 4.69) is 14.8 Å². The van der Waals surface area contributed by atoms with Crippen molar-refractivity contribution in [1.82, 2.24) is 9.88 Å². The topological polar surface area (TPSA) is 89.5 Å². The van der Waals surface area contributed by atoms with Crippen LogP contribution in [0, 0.1) is 19.3 Å². The van der Waals surface area contributed by atoms with Gasteiger partial charge in [0, 0.05) is 31.9 Å². The molecule has 0 saturated carbocycles. The first-order valence-electron chi connectivity index (χ1n) is 7.43. The molecule has 1 aromatic rings. The number of β-amino-alcohol motifs (C(OH)–C–C–N with tert-alkyl or cyclic N) is 1. The zero-order valence-corrected chi connectivity index (χ0v) is 12.9. The summed E-state index contributed by atoms with van der Waals surface area (Å²) < 4.78 is 0. The van der Waals surface area contributed by atoms with Gasteiger partial charge in [-0.05, 0) is 32.9 Å². The molecule has 0 spiro atoms. The Morgan fingerprint density at radius 3 is 2.76 bits per heavy atom. The van der Waals surface area contributed by atoms with Gasteiger partial charge in [-0.1, -0.05) is 0 Å². The van der Waals surface area contributed by atoms with Crippen LogP contribution in [0.3, 0.4) is 0 Å². The Balaban J connectivity index is 2.27. The lowest BCUT2D eigenvalue weighted by molar-refractivity contribution is 0.204. The molecule has 4 N–H and O–H groups in total. The Morgan fingerprint density at radius 2 is 2.10 bits per heavy atom. The molecule has 21 heavy (non-hydrogen) atoms. The van der Waals surface area contributed by atoms with Gasteiger partial charge in [-0.3, -0.25) is 15.3 Å². The summed E-state index contributed by atoms with van der Waals surface area (Å²) in [7, 11) is 0. The molecule has 116 valence electrons. The first-order valence-corrected chi connectivity index (χ1v) is 7.43. The van der Waals surface area contributed by atoms with Crippen LogP contribution in [0.4, 0.5) is 5.69 Å². The molecule has 1 aromatic heterocycles. The van der Waals surface area contributed by atoms with E-state index >= 15 is 0 Å². The van der Waals surface area contributed by atoms with Crippen LogP contribution < -0.4 is 10.6 Å². The molecule has 0 aromatic carbocycles. The number of aryl methyl sites for hydroxylation is 2.